The molecule has 1 heterocycles. The number of hydrogen-bond acceptors (Lipinski definition) is 4. The Bertz CT molecular complexity index is 438. The summed E-state index contributed by atoms with van der Waals surface area (Å²) in [7, 11) is 3.48. The fraction of sp³-hybridized carbons (Fsp3) is 0.625. The smallest absolute Gasteiger partial charge is 0.0971 e. The van der Waals surface area contributed by atoms with E-state index >= 15 is 0 Å². The van der Waals surface area contributed by atoms with Gasteiger partial charge in [0.1, 0.15) is 0 Å². The van der Waals surface area contributed by atoms with Crippen LogP contribution in [0.4, 0.5) is 0 Å². The molecule has 1 saturated heterocycles. The van der Waals surface area contributed by atoms with Crippen molar-refractivity contribution in [3.05, 3.63) is 34.9 Å². The van der Waals surface area contributed by atoms with Crippen LogP contribution in [0.1, 0.15) is 22.7 Å². The van der Waals surface area contributed by atoms with Gasteiger partial charge in [0.05, 0.1) is 12.2 Å². The third-order valence-electron chi connectivity index (χ3n) is 4.19. The van der Waals surface area contributed by atoms with E-state index in [1.807, 2.05) is 0 Å². The van der Waals surface area contributed by atoms with Gasteiger partial charge in [0.15, 0.2) is 0 Å². The number of hydrogen-bond donors (Lipinski definition) is 1. The molecule has 0 aromatic heterocycles. The first kappa shape index (κ1) is 15.4. The van der Waals surface area contributed by atoms with E-state index in [-0.39, 0.29) is 18.2 Å². The molecule has 0 aliphatic carbocycles. The molecule has 0 radical (unpaired) electrons. The Morgan fingerprint density at radius 3 is 2.35 bits per heavy atom. The van der Waals surface area contributed by atoms with E-state index in [0.29, 0.717) is 0 Å². The molecule has 4 heteroatoms. The molecule has 2 N–H and O–H groups in total. The maximum Gasteiger partial charge on any atom is 0.0971 e. The first-order chi connectivity index (χ1) is 9.55. The van der Waals surface area contributed by atoms with Crippen LogP contribution in [-0.4, -0.2) is 51.0 Å². The highest BCUT2D eigenvalue weighted by atomic mass is 16.5. The van der Waals surface area contributed by atoms with Gasteiger partial charge in [-0.3, -0.25) is 4.90 Å². The van der Waals surface area contributed by atoms with Gasteiger partial charge in [-0.15, -0.1) is 0 Å². The number of ether oxygens (including phenoxy) is 2. The fourth-order valence-electron chi connectivity index (χ4n) is 2.96. The van der Waals surface area contributed by atoms with E-state index in [9.17, 15) is 0 Å². The van der Waals surface area contributed by atoms with E-state index < -0.39 is 0 Å². The number of aryl methyl sites for hydroxylation is 2. The normalized spacial score (nSPS) is 25.1. The summed E-state index contributed by atoms with van der Waals surface area (Å²) in [5.74, 6) is 0. The van der Waals surface area contributed by atoms with Crippen LogP contribution >= 0.6 is 0 Å². The van der Waals surface area contributed by atoms with Gasteiger partial charge < -0.3 is 15.2 Å². The third-order valence-corrected chi connectivity index (χ3v) is 4.19. The van der Waals surface area contributed by atoms with Crippen molar-refractivity contribution >= 4 is 0 Å². The van der Waals surface area contributed by atoms with Gasteiger partial charge in [0.25, 0.3) is 0 Å². The van der Waals surface area contributed by atoms with Crippen LogP contribution in [0.3, 0.4) is 0 Å². The Morgan fingerprint density at radius 1 is 1.20 bits per heavy atom. The monoisotopic (exact) mass is 278 g/mol. The summed E-state index contributed by atoms with van der Waals surface area (Å²) < 4.78 is 10.9. The summed E-state index contributed by atoms with van der Waals surface area (Å²) in [6, 6.07) is 6.49. The predicted molar refractivity (Wildman–Crippen MR) is 80.9 cm³/mol. The first-order valence-corrected chi connectivity index (χ1v) is 7.15. The molecule has 3 atom stereocenters. The fourth-order valence-corrected chi connectivity index (χ4v) is 2.96. The molecular formula is C16H26N2O2. The molecule has 3 unspecified atom stereocenters. The maximum absolute atomic E-state index is 6.40. The molecule has 0 saturated carbocycles. The van der Waals surface area contributed by atoms with Crippen molar-refractivity contribution in [1.29, 1.82) is 0 Å². The Hall–Kier alpha value is -0.940. The molecule has 2 rings (SSSR count). The van der Waals surface area contributed by atoms with Gasteiger partial charge in [0.2, 0.25) is 0 Å². The molecule has 1 fully saturated rings. The second-order valence-electron chi connectivity index (χ2n) is 5.73. The highest BCUT2D eigenvalue weighted by molar-refractivity contribution is 5.33. The SMILES string of the molecule is COC1CN(CC(N)c2cc(C)ccc2C)CC1OC. The zero-order valence-corrected chi connectivity index (χ0v) is 12.9. The molecule has 0 amide bonds. The lowest BCUT2D eigenvalue weighted by molar-refractivity contribution is -0.00461. The van der Waals surface area contributed by atoms with Crippen LogP contribution in [0.15, 0.2) is 18.2 Å². The summed E-state index contributed by atoms with van der Waals surface area (Å²) in [5.41, 5.74) is 10.1. The molecule has 4 nitrogen and oxygen atoms in total. The minimum absolute atomic E-state index is 0.0306. The molecule has 1 aliphatic rings. The van der Waals surface area contributed by atoms with Crippen molar-refractivity contribution in [1.82, 2.24) is 4.90 Å². The summed E-state index contributed by atoms with van der Waals surface area (Å²) >= 11 is 0. The first-order valence-electron chi connectivity index (χ1n) is 7.15. The predicted octanol–water partition coefficient (Wildman–Crippen LogP) is 1.65. The van der Waals surface area contributed by atoms with E-state index in [2.05, 4.69) is 36.9 Å². The van der Waals surface area contributed by atoms with Crippen LogP contribution in [0.25, 0.3) is 0 Å². The quantitative estimate of drug-likeness (QED) is 0.889. The molecule has 1 aliphatic heterocycles. The molecule has 1 aromatic rings. The van der Waals surface area contributed by atoms with Crippen molar-refractivity contribution in [3.8, 4) is 0 Å². The van der Waals surface area contributed by atoms with Crippen molar-refractivity contribution in [2.45, 2.75) is 32.1 Å². The summed E-state index contributed by atoms with van der Waals surface area (Å²) in [6.07, 6.45) is 0.289. The highest BCUT2D eigenvalue weighted by Gasteiger charge is 2.33. The standard InChI is InChI=1S/C16H26N2O2/c1-11-5-6-12(2)13(7-11)14(17)8-18-9-15(19-3)16(10-18)20-4/h5-7,14-16H,8-10,17H2,1-4H3. The summed E-state index contributed by atoms with van der Waals surface area (Å²) in [4.78, 5) is 2.33. The zero-order chi connectivity index (χ0) is 14.7. The van der Waals surface area contributed by atoms with E-state index in [1.54, 1.807) is 14.2 Å². The lowest BCUT2D eigenvalue weighted by atomic mass is 9.99. The summed E-state index contributed by atoms with van der Waals surface area (Å²) in [6.45, 7) is 6.83. The van der Waals surface area contributed by atoms with E-state index in [4.69, 9.17) is 15.2 Å². The van der Waals surface area contributed by atoms with Gasteiger partial charge in [0, 0.05) is 39.9 Å². The topological polar surface area (TPSA) is 47.7 Å². The number of rotatable bonds is 5. The van der Waals surface area contributed by atoms with Gasteiger partial charge in [-0.05, 0) is 25.0 Å². The van der Waals surface area contributed by atoms with Crippen LogP contribution in [-0.2, 0) is 9.47 Å². The van der Waals surface area contributed by atoms with Crippen molar-refractivity contribution in [2.24, 2.45) is 5.73 Å². The van der Waals surface area contributed by atoms with Gasteiger partial charge >= 0.3 is 0 Å². The van der Waals surface area contributed by atoms with Crippen LogP contribution in [0.5, 0.6) is 0 Å². The number of likely N-dealkylation sites (tertiary alicyclic amines) is 1. The Labute approximate surface area is 121 Å². The molecule has 1 aromatic carbocycles. The zero-order valence-electron chi connectivity index (χ0n) is 12.9. The Balaban J connectivity index is 2.01. The second-order valence-corrected chi connectivity index (χ2v) is 5.73. The third kappa shape index (κ3) is 3.38. The van der Waals surface area contributed by atoms with Crippen LogP contribution in [0, 0.1) is 13.8 Å². The van der Waals surface area contributed by atoms with Crippen LogP contribution < -0.4 is 5.73 Å². The van der Waals surface area contributed by atoms with E-state index in [1.165, 1.54) is 16.7 Å². The average Bonchev–Trinajstić information content (AvgIpc) is 2.83. The summed E-state index contributed by atoms with van der Waals surface area (Å²) in [5, 5.41) is 0. The molecule has 20 heavy (non-hydrogen) atoms. The Kier molecular flexibility index (Phi) is 5.16. The second kappa shape index (κ2) is 6.68. The van der Waals surface area contributed by atoms with Gasteiger partial charge in [-0.2, -0.15) is 0 Å². The lowest BCUT2D eigenvalue weighted by Crippen LogP contribution is -2.32. The number of methoxy groups -OCH3 is 2. The molecule has 0 bridgehead atoms. The lowest BCUT2D eigenvalue weighted by Gasteiger charge is -2.22. The molecule has 0 spiro atoms. The van der Waals surface area contributed by atoms with Crippen molar-refractivity contribution in [3.63, 3.8) is 0 Å². The number of nitrogens with two attached hydrogens (primary N) is 1. The minimum atomic E-state index is 0.0306. The van der Waals surface area contributed by atoms with Gasteiger partial charge in [-0.25, -0.2) is 0 Å². The number of benzene rings is 1. The largest absolute Gasteiger partial charge is 0.377 e. The van der Waals surface area contributed by atoms with E-state index in [0.717, 1.165) is 19.6 Å². The van der Waals surface area contributed by atoms with Crippen molar-refractivity contribution in [2.75, 3.05) is 33.9 Å². The Morgan fingerprint density at radius 2 is 1.80 bits per heavy atom. The highest BCUT2D eigenvalue weighted by Crippen LogP contribution is 2.22. The maximum atomic E-state index is 6.40. The molecular weight excluding hydrogens is 252 g/mol. The number of nitrogens with zero attached hydrogens (tertiary/aromatic N) is 1. The van der Waals surface area contributed by atoms with Gasteiger partial charge in [-0.1, -0.05) is 23.8 Å². The average molecular weight is 278 g/mol. The van der Waals surface area contributed by atoms with Crippen LogP contribution in [0.2, 0.25) is 0 Å². The molecule has 112 valence electrons. The van der Waals surface area contributed by atoms with Crippen molar-refractivity contribution < 1.29 is 9.47 Å². The minimum Gasteiger partial charge on any atom is -0.377 e.